The van der Waals surface area contributed by atoms with Crippen LogP contribution >= 0.6 is 11.6 Å². The van der Waals surface area contributed by atoms with E-state index in [1.807, 2.05) is 42.5 Å². The molecule has 0 bridgehead atoms. The molecule has 5 heterocycles. The first-order valence-corrected chi connectivity index (χ1v) is 23.5. The van der Waals surface area contributed by atoms with E-state index in [0.717, 1.165) is 78.6 Å². The van der Waals surface area contributed by atoms with Crippen molar-refractivity contribution in [1.29, 1.82) is 0 Å². The standard InChI is InChI=1S/C47H49ClN8O8S/c48-35-6-4-33(5-7-35)39-2-1-3-44(63-30-32-25-49-26-32)41(39)29-54-16-18-55(19-17-54)36-8-10-40(45(23-36)64-37-22-34-12-15-50-46(34)52-28-37)47(57)53-65(60,61)38-9-11-42(43(24-38)56(58)59)51-27-31-13-20-62-21-14-31/h1-12,15,22-24,28,31-32,49,51H,13-14,16-21,25-27,29-30H2,(H,50,52)(H,53,57). The zero-order valence-corrected chi connectivity index (χ0v) is 37.1. The number of nitrogens with zero attached hydrogens (tertiary/aromatic N) is 4. The lowest BCUT2D eigenvalue weighted by Gasteiger charge is -2.37. The third kappa shape index (κ3) is 10.3. The molecule has 0 aliphatic carbocycles. The maximum absolute atomic E-state index is 14.0. The van der Waals surface area contributed by atoms with Gasteiger partial charge in [0.15, 0.2) is 0 Å². The van der Waals surface area contributed by atoms with Gasteiger partial charge in [0.2, 0.25) is 0 Å². The van der Waals surface area contributed by atoms with Crippen LogP contribution in [0.3, 0.4) is 0 Å². The van der Waals surface area contributed by atoms with Crippen LogP contribution in [0.1, 0.15) is 28.8 Å². The number of aromatic amines is 1. The fraction of sp³-hybridized carbons (Fsp3) is 0.319. The molecule has 338 valence electrons. The van der Waals surface area contributed by atoms with Crippen LogP contribution < -0.4 is 29.7 Å². The molecule has 2 aromatic heterocycles. The zero-order valence-electron chi connectivity index (χ0n) is 35.5. The Morgan fingerprint density at radius 1 is 0.938 bits per heavy atom. The summed E-state index contributed by atoms with van der Waals surface area (Å²) in [6.07, 6.45) is 4.90. The Morgan fingerprint density at radius 3 is 2.49 bits per heavy atom. The molecule has 3 aliphatic heterocycles. The van der Waals surface area contributed by atoms with E-state index in [1.165, 1.54) is 24.4 Å². The number of nitro groups is 1. The van der Waals surface area contributed by atoms with Gasteiger partial charge in [-0.1, -0.05) is 35.9 Å². The number of rotatable bonds is 16. The molecule has 0 spiro atoms. The monoisotopic (exact) mass is 920 g/mol. The molecular formula is C47H49ClN8O8S. The molecule has 18 heteroatoms. The number of fused-ring (bicyclic) bond motifs is 1. The van der Waals surface area contributed by atoms with Crippen LogP contribution in [0.15, 0.2) is 108 Å². The summed E-state index contributed by atoms with van der Waals surface area (Å²) in [5.74, 6) is 1.08. The van der Waals surface area contributed by atoms with Crippen LogP contribution in [0.4, 0.5) is 17.1 Å². The summed E-state index contributed by atoms with van der Waals surface area (Å²) >= 11 is 6.26. The Bertz CT molecular complexity index is 2790. The van der Waals surface area contributed by atoms with E-state index in [1.54, 1.807) is 24.4 Å². The van der Waals surface area contributed by atoms with Crippen LogP contribution in [0.5, 0.6) is 17.2 Å². The Morgan fingerprint density at radius 2 is 1.74 bits per heavy atom. The Balaban J connectivity index is 0.933. The van der Waals surface area contributed by atoms with E-state index in [4.69, 9.17) is 25.8 Å². The Labute approximate surface area is 381 Å². The molecule has 4 N–H and O–H groups in total. The highest BCUT2D eigenvalue weighted by Crippen LogP contribution is 2.36. The third-order valence-electron chi connectivity index (χ3n) is 12.2. The highest BCUT2D eigenvalue weighted by Gasteiger charge is 2.28. The minimum atomic E-state index is -4.58. The number of pyridine rings is 1. The first kappa shape index (κ1) is 44.0. The minimum Gasteiger partial charge on any atom is -0.493 e. The van der Waals surface area contributed by atoms with Gasteiger partial charge in [-0.05, 0) is 84.5 Å². The van der Waals surface area contributed by atoms with Gasteiger partial charge < -0.3 is 34.7 Å². The number of ether oxygens (including phenoxy) is 3. The van der Waals surface area contributed by atoms with Gasteiger partial charge in [-0.3, -0.25) is 19.8 Å². The van der Waals surface area contributed by atoms with Gasteiger partial charge in [0.1, 0.15) is 28.6 Å². The highest BCUT2D eigenvalue weighted by atomic mass is 35.5. The molecule has 4 aromatic carbocycles. The normalized spacial score (nSPS) is 16.2. The SMILES string of the molecule is O=C(NS(=O)(=O)c1ccc(NCC2CCOCC2)c([N+](=O)[O-])c1)c1ccc(N2CCN(Cc3c(OCC4CNC4)cccc3-c3ccc(Cl)cc3)CC2)cc1Oc1cnc2[nH]ccc2c1. The van der Waals surface area contributed by atoms with Crippen LogP contribution in [-0.4, -0.2) is 99.8 Å². The zero-order chi connectivity index (χ0) is 44.9. The van der Waals surface area contributed by atoms with Crippen molar-refractivity contribution in [3.63, 3.8) is 0 Å². The van der Waals surface area contributed by atoms with E-state index in [9.17, 15) is 23.3 Å². The van der Waals surface area contributed by atoms with Gasteiger partial charge in [-0.2, -0.15) is 0 Å². The number of piperazine rings is 1. The smallest absolute Gasteiger partial charge is 0.293 e. The first-order valence-electron chi connectivity index (χ1n) is 21.7. The topological polar surface area (TPSA) is 193 Å². The largest absolute Gasteiger partial charge is 0.493 e. The lowest BCUT2D eigenvalue weighted by Crippen LogP contribution is -2.46. The molecule has 3 fully saturated rings. The summed E-state index contributed by atoms with van der Waals surface area (Å²) in [5, 5.41) is 20.0. The molecule has 3 saturated heterocycles. The summed E-state index contributed by atoms with van der Waals surface area (Å²) in [6.45, 7) is 7.67. The summed E-state index contributed by atoms with van der Waals surface area (Å²) in [7, 11) is -4.58. The molecule has 0 atom stereocenters. The number of nitrogens with one attached hydrogen (secondary N) is 4. The summed E-state index contributed by atoms with van der Waals surface area (Å²) in [6, 6.07) is 26.2. The van der Waals surface area contributed by atoms with Gasteiger partial charge >= 0.3 is 0 Å². The Hall–Kier alpha value is -6.24. The van der Waals surface area contributed by atoms with Crippen LogP contribution in [0.25, 0.3) is 22.2 Å². The van der Waals surface area contributed by atoms with Crippen LogP contribution in [0, 0.1) is 22.0 Å². The fourth-order valence-corrected chi connectivity index (χ4v) is 9.44. The average Bonchev–Trinajstić information content (AvgIpc) is 3.77. The molecule has 0 radical (unpaired) electrons. The maximum Gasteiger partial charge on any atom is 0.293 e. The predicted molar refractivity (Wildman–Crippen MR) is 249 cm³/mol. The van der Waals surface area contributed by atoms with E-state index in [-0.39, 0.29) is 22.9 Å². The molecule has 1 amide bonds. The van der Waals surface area contributed by atoms with Gasteiger partial charge in [-0.25, -0.2) is 18.1 Å². The van der Waals surface area contributed by atoms with E-state index in [2.05, 4.69) is 41.2 Å². The number of aromatic nitrogens is 2. The number of H-pyrrole nitrogens is 1. The number of hydrogen-bond acceptors (Lipinski definition) is 13. The number of amides is 1. The molecular weight excluding hydrogens is 872 g/mol. The van der Waals surface area contributed by atoms with E-state index in [0.29, 0.717) is 68.3 Å². The fourth-order valence-electron chi connectivity index (χ4n) is 8.33. The van der Waals surface area contributed by atoms with Crippen molar-refractivity contribution in [2.24, 2.45) is 11.8 Å². The second kappa shape index (κ2) is 19.5. The summed E-state index contributed by atoms with van der Waals surface area (Å²) in [4.78, 5) is 37.1. The predicted octanol–water partition coefficient (Wildman–Crippen LogP) is 7.46. The Kier molecular flexibility index (Phi) is 13.2. The molecule has 9 rings (SSSR count). The molecule has 3 aliphatic rings. The average molecular weight is 921 g/mol. The van der Waals surface area contributed by atoms with Crippen LogP contribution in [0.2, 0.25) is 5.02 Å². The van der Waals surface area contributed by atoms with E-state index >= 15 is 0 Å². The first-order chi connectivity index (χ1) is 31.6. The second-order valence-electron chi connectivity index (χ2n) is 16.6. The third-order valence-corrected chi connectivity index (χ3v) is 13.8. The molecule has 0 saturated carbocycles. The van der Waals surface area contributed by atoms with Gasteiger partial charge in [0.25, 0.3) is 21.6 Å². The van der Waals surface area contributed by atoms with E-state index < -0.39 is 31.4 Å². The van der Waals surface area contributed by atoms with Gasteiger partial charge in [-0.15, -0.1) is 0 Å². The maximum atomic E-state index is 14.0. The van der Waals surface area contributed by atoms with Crippen molar-refractivity contribution in [3.8, 4) is 28.4 Å². The van der Waals surface area contributed by atoms with Crippen molar-refractivity contribution in [2.75, 3.05) is 75.9 Å². The van der Waals surface area contributed by atoms with Crippen molar-refractivity contribution in [3.05, 3.63) is 130 Å². The lowest BCUT2D eigenvalue weighted by atomic mass is 9.98. The summed E-state index contributed by atoms with van der Waals surface area (Å²) < 4.78 is 47.7. The number of halogens is 1. The van der Waals surface area contributed by atoms with Crippen molar-refractivity contribution >= 4 is 55.6 Å². The van der Waals surface area contributed by atoms with Crippen molar-refractivity contribution in [1.82, 2.24) is 24.9 Å². The number of benzene rings is 4. The number of carbonyl (C=O) groups excluding carboxylic acids is 1. The van der Waals surface area contributed by atoms with Crippen molar-refractivity contribution < 1.29 is 32.3 Å². The second-order valence-corrected chi connectivity index (χ2v) is 18.7. The highest BCUT2D eigenvalue weighted by molar-refractivity contribution is 7.90. The van der Waals surface area contributed by atoms with Gasteiger partial charge in [0.05, 0.1) is 28.2 Å². The molecule has 6 aromatic rings. The van der Waals surface area contributed by atoms with Crippen LogP contribution in [-0.2, 0) is 21.3 Å². The number of sulfonamides is 1. The number of carbonyl (C=O) groups is 1. The lowest BCUT2D eigenvalue weighted by molar-refractivity contribution is -0.384. The quantitative estimate of drug-likeness (QED) is 0.0553. The van der Waals surface area contributed by atoms with Gasteiger partial charge in [0, 0.05) is 111 Å². The summed E-state index contributed by atoms with van der Waals surface area (Å²) in [5.41, 5.74) is 4.39. The number of hydrogen-bond donors (Lipinski definition) is 4. The minimum absolute atomic E-state index is 0.0570. The molecule has 16 nitrogen and oxygen atoms in total. The molecule has 65 heavy (non-hydrogen) atoms. The number of nitro benzene ring substituents is 1. The number of anilines is 2. The molecule has 0 unspecified atom stereocenters. The van der Waals surface area contributed by atoms with Crippen molar-refractivity contribution in [2.45, 2.75) is 24.3 Å².